The second kappa shape index (κ2) is 58.4. The molecule has 0 bridgehead atoms. The van der Waals surface area contributed by atoms with Gasteiger partial charge in [0.25, 0.3) is 0 Å². The molecule has 4 fully saturated rings. The van der Waals surface area contributed by atoms with Gasteiger partial charge in [-0.1, -0.05) is 206 Å². The molecular weight excluding hydrogens is 2000 g/mol. The van der Waals surface area contributed by atoms with Gasteiger partial charge in [-0.15, -0.1) is 0 Å². The number of Topliss-reactive ketones (excluding diaryl/α,β-unsaturated/α-hetero) is 1. The fraction of sp³-hybridized carbons (Fsp3) is 0.514. The molecule has 3 aromatic heterocycles. The maximum atomic E-state index is 12.3. The summed E-state index contributed by atoms with van der Waals surface area (Å²) in [5.41, 5.74) is 13.3. The van der Waals surface area contributed by atoms with Crippen LogP contribution >= 0.6 is 0 Å². The monoisotopic (exact) mass is 2150 g/mol. The van der Waals surface area contributed by atoms with Gasteiger partial charge in [-0.3, -0.25) is 15.1 Å². The number of nitrogens with two attached hydrogens (primary N) is 2. The Labute approximate surface area is 862 Å². The minimum atomic E-state index is -5.80. The number of anilines is 3. The molecule has 24 nitrogen and oxygen atoms in total. The standard InChI is InChI=1S/C19H31N2O6S2.C18H23OS.C14H23N2O4S2.2C13H16NS.C13H21N.C10H19OS.C7H5F3N2O3S/c1-5-6-7-8-9-10-15-28(23,24)21-29(25,26)17-13-11-16(12-14-17)20-18(22)27-19(2,3)4;1-2-3-12-19-17-10-11-18(20-13-6-7-14-20)16-9-5-4-8-15(16)17;1-2-3-4-5-6-7-12-21(17,18)16-22(19,20)14-10-8-13(15)9-11-14;2*1-14-10-13(15-8-4-5-9-15)11-6-2-3-7-12(11)14;1-8(2)11-6-10(5)7-12(9(3)4)13(11)14;1-10(2,3)9(11)8-12-6-4-5-7-12;8-7(9,10)16(14,15)12-6(13)5-2-1-3-11-4-5/h11-14H,5-10,15H2,1-4H3,(H,20,22);4-5,8-11H,2-3,6-7,12-14H2,1H3;8-11H,2-7,12,15H2,1H3;2*2-3,6-7,10H,4-5,8-9H2,1H3;6-9H,14H2,1-5H3;4-8H2,1-3H3;1-4H,(H,12,13)/q-1;+1;-1;2*+1;;+1;/p-1. The number of alkyl halides is 3. The number of rotatable bonds is 34. The number of fused-ring (bicyclic) bond motifs is 3. The van der Waals surface area contributed by atoms with Crippen molar-refractivity contribution in [2.45, 2.75) is 286 Å². The number of carbonyl (C=O) groups is 2. The summed E-state index contributed by atoms with van der Waals surface area (Å²) in [6, 6.07) is 47.9. The van der Waals surface area contributed by atoms with E-state index in [2.05, 4.69) is 211 Å². The van der Waals surface area contributed by atoms with Crippen molar-refractivity contribution in [2.75, 3.05) is 86.7 Å². The summed E-state index contributed by atoms with van der Waals surface area (Å²) >= 11 is 0. The van der Waals surface area contributed by atoms with Gasteiger partial charge < -0.3 is 43.4 Å². The molecule has 0 spiro atoms. The first-order valence-electron chi connectivity index (χ1n) is 49.6. The lowest BCUT2D eigenvalue weighted by molar-refractivity contribution is -0.212. The smallest absolute Gasteiger partial charge is 0.518 e. The van der Waals surface area contributed by atoms with Crippen molar-refractivity contribution in [1.82, 2.24) is 14.1 Å². The molecule has 0 saturated carbocycles. The van der Waals surface area contributed by atoms with Gasteiger partial charge >= 0.3 is 21.6 Å². The minimum Gasteiger partial charge on any atom is -0.858 e. The Morgan fingerprint density at radius 3 is 1.33 bits per heavy atom. The van der Waals surface area contributed by atoms with E-state index in [-0.39, 0.29) is 32.3 Å². The predicted octanol–water partition coefficient (Wildman–Crippen LogP) is 24.4. The molecule has 0 atom stereocenters. The van der Waals surface area contributed by atoms with Crippen LogP contribution in [-0.2, 0) is 117 Å². The van der Waals surface area contributed by atoms with Crippen molar-refractivity contribution in [3.63, 3.8) is 0 Å². The molecule has 4 saturated heterocycles. The Morgan fingerprint density at radius 2 is 0.916 bits per heavy atom. The van der Waals surface area contributed by atoms with Crippen molar-refractivity contribution < 1.29 is 79.4 Å². The quantitative estimate of drug-likeness (QED) is 0.0111. The second-order valence-corrected chi connectivity index (χ2v) is 56.4. The highest BCUT2D eigenvalue weighted by Crippen LogP contribution is 2.39. The van der Waals surface area contributed by atoms with Crippen molar-refractivity contribution in [3.8, 4) is 5.75 Å². The molecule has 10 aromatic rings. The molecule has 0 aliphatic carbocycles. The van der Waals surface area contributed by atoms with E-state index in [1.54, 1.807) is 35.5 Å². The van der Waals surface area contributed by atoms with Gasteiger partial charge in [0.05, 0.1) is 60.9 Å². The first-order valence-corrected chi connectivity index (χ1v) is 63.6. The van der Waals surface area contributed by atoms with Crippen LogP contribution in [0.4, 0.5) is 35.0 Å². The number of carbonyl (C=O) groups excluding carboxylic acids is 2. The number of amides is 1. The average molecular weight is 2150 g/mol. The number of hydrogen-bond acceptors (Lipinski definition) is 18. The van der Waals surface area contributed by atoms with Crippen molar-refractivity contribution >= 4 is 161 Å². The van der Waals surface area contributed by atoms with Gasteiger partial charge in [0.15, 0.2) is 26.2 Å². The molecule has 36 heteroatoms. The van der Waals surface area contributed by atoms with Crippen LogP contribution in [0.3, 0.4) is 0 Å². The first kappa shape index (κ1) is 122. The zero-order valence-corrected chi connectivity index (χ0v) is 93.6. The zero-order valence-electron chi connectivity index (χ0n) is 86.3. The second-order valence-electron chi connectivity index (χ2n) is 38.6. The van der Waals surface area contributed by atoms with Gasteiger partial charge in [-0.2, -0.15) is 26.0 Å². The van der Waals surface area contributed by atoms with Gasteiger partial charge in [-0.25, -0.2) is 38.5 Å². The first-order chi connectivity index (χ1) is 67.4. The van der Waals surface area contributed by atoms with E-state index in [0.29, 0.717) is 85.4 Å². The molecule has 0 radical (unpaired) electrons. The van der Waals surface area contributed by atoms with E-state index in [9.17, 15) is 70.0 Å². The number of aryl methyl sites for hydroxylation is 3. The predicted molar refractivity (Wildman–Crippen MR) is 592 cm³/mol. The van der Waals surface area contributed by atoms with E-state index in [4.69, 9.17) is 20.9 Å². The number of aromatic nitrogens is 3. The van der Waals surface area contributed by atoms with Gasteiger partial charge in [0, 0.05) is 125 Å². The van der Waals surface area contributed by atoms with Crippen LogP contribution in [0, 0.1) is 12.3 Å². The van der Waals surface area contributed by atoms with Crippen LogP contribution in [0.15, 0.2) is 211 Å². The summed E-state index contributed by atoms with van der Waals surface area (Å²) in [4.78, 5) is 31.1. The molecule has 143 heavy (non-hydrogen) atoms. The topological polar surface area (TPSA) is 374 Å². The number of para-hydroxylation sites is 2. The Bertz CT molecular complexity index is 6150. The highest BCUT2D eigenvalue weighted by atomic mass is 32.3. The van der Waals surface area contributed by atoms with E-state index < -0.39 is 73.2 Å². The number of sulfonamides is 5. The minimum absolute atomic E-state index is 0.115. The highest BCUT2D eigenvalue weighted by molar-refractivity contribution is 8.12. The summed E-state index contributed by atoms with van der Waals surface area (Å²) in [5.74, 6) is 12.3. The largest absolute Gasteiger partial charge is 0.858 e. The van der Waals surface area contributed by atoms with E-state index in [0.717, 1.165) is 107 Å². The summed E-state index contributed by atoms with van der Waals surface area (Å²) in [7, 11) is -16.1. The fourth-order valence-corrected chi connectivity index (χ4v) is 32.1. The number of nitrogens with zero attached hydrogens (tertiary/aromatic N) is 6. The highest BCUT2D eigenvalue weighted by Gasteiger charge is 2.46. The maximum Gasteiger partial charge on any atom is 0.518 e. The third-order valence-electron chi connectivity index (χ3n) is 23.6. The number of ketones is 1. The van der Waals surface area contributed by atoms with Crippen LogP contribution in [-0.4, -0.2) is 155 Å². The number of nitrogen functional groups attached to an aromatic ring is 2. The number of hydrogen-bond donors (Lipinski definition) is 3. The van der Waals surface area contributed by atoms with E-state index in [1.807, 2.05) is 20.8 Å². The van der Waals surface area contributed by atoms with Crippen LogP contribution in [0.1, 0.15) is 265 Å². The molecule has 0 unspecified atom stereocenters. The van der Waals surface area contributed by atoms with Crippen molar-refractivity contribution in [2.24, 2.45) is 23.9 Å². The molecular formula is C107H153F3N9O15S9+. The molecule has 4 aliphatic rings. The van der Waals surface area contributed by atoms with Gasteiger partial charge in [-0.05, 0) is 229 Å². The molecule has 1 amide bonds. The number of ether oxygens (including phenoxy) is 2. The summed E-state index contributed by atoms with van der Waals surface area (Å²) < 4.78 is 177. The third kappa shape index (κ3) is 41.0. The number of halogens is 3. The molecule has 7 heterocycles. The maximum absolute atomic E-state index is 12.3. The van der Waals surface area contributed by atoms with Crippen LogP contribution in [0.2, 0.25) is 0 Å². The lowest BCUT2D eigenvalue weighted by Crippen LogP contribution is -2.28. The number of benzene rings is 7. The molecule has 4 aliphatic heterocycles. The lowest BCUT2D eigenvalue weighted by atomic mass is 9.91. The third-order valence-corrected chi connectivity index (χ3v) is 41.3. The van der Waals surface area contributed by atoms with Crippen LogP contribution in [0.5, 0.6) is 5.75 Å². The molecule has 14 rings (SSSR count). The zero-order chi connectivity index (χ0) is 106. The Hall–Kier alpha value is -8.30. The normalized spacial score (nSPS) is 14.7. The SMILES string of the molecule is CC(C)(C)C(=O)C[S+]1CCCC1.CCCCCCCCS(=O)(=O)[N-]S(=O)(=O)c1ccc(N)cc1.CCCCCCCCS(=O)(=O)[N-]S(=O)(=O)c1ccc(NC(=O)OC(C)(C)C)cc1.CCCCOc1ccc([S+]2CCCC2)c2ccccc12.Cc1cc(C(C)C)c(N)c(C(C)C)c1.Cn1cc([S+]2CCCC2)c2ccccc21.Cn1cc([S+]2CCCC2)c2ccccc21.O=S(=O)(N=C([O-])c1cccnc1)C(F)(F)F. The fourth-order valence-electron chi connectivity index (χ4n) is 15.8. The van der Waals surface area contributed by atoms with E-state index in [1.165, 1.54) is 214 Å². The summed E-state index contributed by atoms with van der Waals surface area (Å²) in [6.45, 7) is 29.3. The molecule has 790 valence electrons. The van der Waals surface area contributed by atoms with Gasteiger partial charge in [0.1, 0.15) is 77.4 Å². The Kier molecular flexibility index (Phi) is 49.7. The number of unbranched alkanes of at least 4 members (excludes halogenated alkanes) is 11. The van der Waals surface area contributed by atoms with Crippen molar-refractivity contribution in [3.05, 3.63) is 213 Å². The van der Waals surface area contributed by atoms with Crippen molar-refractivity contribution in [1.29, 1.82) is 0 Å². The average Bonchev–Trinajstić information content (AvgIpc) is 1.75. The lowest BCUT2D eigenvalue weighted by Gasteiger charge is -2.21. The number of pyridine rings is 1. The summed E-state index contributed by atoms with van der Waals surface area (Å²) in [5, 5.41) is 19.1. The Morgan fingerprint density at radius 1 is 0.510 bits per heavy atom. The van der Waals surface area contributed by atoms with Gasteiger partial charge in [0.2, 0.25) is 0 Å². The Balaban J connectivity index is 0.000000225. The number of nitrogens with one attached hydrogen (secondary N) is 1. The van der Waals surface area contributed by atoms with Crippen LogP contribution in [0.25, 0.3) is 40.8 Å². The molecule has 5 N–H and O–H groups in total. The summed E-state index contributed by atoms with van der Waals surface area (Å²) in [6.07, 6.45) is 30.4. The van der Waals surface area contributed by atoms with E-state index >= 15 is 0 Å². The molecule has 7 aromatic carbocycles. The van der Waals surface area contributed by atoms with Crippen LogP contribution < -0.4 is 26.6 Å².